The highest BCUT2D eigenvalue weighted by molar-refractivity contribution is 7.89. The van der Waals surface area contributed by atoms with Crippen LogP contribution in [0.2, 0.25) is 0 Å². The average Bonchev–Trinajstić information content (AvgIpc) is 2.45. The molecule has 1 aromatic carbocycles. The van der Waals surface area contributed by atoms with Crippen molar-refractivity contribution in [3.8, 4) is 5.75 Å². The van der Waals surface area contributed by atoms with Crippen LogP contribution in [0.5, 0.6) is 5.75 Å². The molecule has 1 heterocycles. The zero-order valence-corrected chi connectivity index (χ0v) is 12.5. The molecule has 2 N–H and O–H groups in total. The molecule has 0 saturated carbocycles. The number of sulfonamides is 1. The van der Waals surface area contributed by atoms with Gasteiger partial charge in [0.25, 0.3) is 5.91 Å². The number of ether oxygens (including phenoxy) is 1. The summed E-state index contributed by atoms with van der Waals surface area (Å²) in [6.45, 7) is -0.0765. The van der Waals surface area contributed by atoms with Gasteiger partial charge in [-0.05, 0) is 25.0 Å². The molecule has 1 atom stereocenters. The third-order valence-electron chi connectivity index (χ3n) is 3.44. The van der Waals surface area contributed by atoms with E-state index in [4.69, 9.17) is 9.88 Å². The van der Waals surface area contributed by atoms with Crippen molar-refractivity contribution in [3.63, 3.8) is 0 Å². The van der Waals surface area contributed by atoms with Crippen LogP contribution in [0.3, 0.4) is 0 Å². The van der Waals surface area contributed by atoms with E-state index in [2.05, 4.69) is 0 Å². The summed E-state index contributed by atoms with van der Waals surface area (Å²) < 4.78 is 53.8. The lowest BCUT2D eigenvalue weighted by molar-refractivity contribution is -0.134. The maximum Gasteiger partial charge on any atom is 0.260 e. The van der Waals surface area contributed by atoms with Crippen LogP contribution in [0.4, 0.5) is 8.78 Å². The molecule has 1 aliphatic heterocycles. The summed E-state index contributed by atoms with van der Waals surface area (Å²) in [7, 11) is -3.71. The number of hydrogen-bond donors (Lipinski definition) is 1. The van der Waals surface area contributed by atoms with Crippen LogP contribution in [0.1, 0.15) is 12.8 Å². The average molecular weight is 334 g/mol. The Morgan fingerprint density at radius 2 is 2.14 bits per heavy atom. The van der Waals surface area contributed by atoms with E-state index in [1.807, 2.05) is 0 Å². The van der Waals surface area contributed by atoms with Crippen LogP contribution in [0, 0.1) is 11.6 Å². The number of hydrogen-bond acceptors (Lipinski definition) is 4. The largest absolute Gasteiger partial charge is 0.481 e. The second-order valence-corrected chi connectivity index (χ2v) is 6.90. The molecular weight excluding hydrogens is 318 g/mol. The van der Waals surface area contributed by atoms with Gasteiger partial charge in [-0.15, -0.1) is 0 Å². The Morgan fingerprint density at radius 1 is 1.41 bits per heavy atom. The van der Waals surface area contributed by atoms with Gasteiger partial charge in [-0.25, -0.2) is 22.3 Å². The molecule has 2 rings (SSSR count). The summed E-state index contributed by atoms with van der Waals surface area (Å²) in [5.74, 6) is -2.37. The Hall–Kier alpha value is -1.74. The van der Waals surface area contributed by atoms with E-state index >= 15 is 0 Å². The minimum absolute atomic E-state index is 0.00702. The fourth-order valence-electron chi connectivity index (χ4n) is 2.26. The Bertz CT molecular complexity index is 666. The standard InChI is InChI=1S/C13H16F2N2O4S/c14-9-3-4-12(11(15)6-9)21-8-13(18)17-5-1-2-10(7-17)22(16,19)20/h3-4,6,10H,1-2,5,7-8H2,(H2,16,19,20)/t10-/m1/s1. The first kappa shape index (κ1) is 16.6. The molecular formula is C13H16F2N2O4S. The summed E-state index contributed by atoms with van der Waals surface area (Å²) in [5.41, 5.74) is 0. The molecule has 122 valence electrons. The number of amides is 1. The van der Waals surface area contributed by atoms with Gasteiger partial charge in [-0.1, -0.05) is 0 Å². The topological polar surface area (TPSA) is 89.7 Å². The van der Waals surface area contributed by atoms with Crippen LogP contribution in [0.15, 0.2) is 18.2 Å². The van der Waals surface area contributed by atoms with E-state index in [1.165, 1.54) is 4.90 Å². The first-order valence-corrected chi connectivity index (χ1v) is 8.25. The van der Waals surface area contributed by atoms with Crippen molar-refractivity contribution in [1.82, 2.24) is 4.90 Å². The zero-order chi connectivity index (χ0) is 16.3. The monoisotopic (exact) mass is 334 g/mol. The molecule has 1 aliphatic rings. The van der Waals surface area contributed by atoms with Crippen LogP contribution in [-0.4, -0.2) is 44.2 Å². The minimum atomic E-state index is -3.71. The number of likely N-dealkylation sites (tertiary alicyclic amines) is 1. The molecule has 6 nitrogen and oxygen atoms in total. The summed E-state index contributed by atoms with van der Waals surface area (Å²) in [6.07, 6.45) is 0.911. The van der Waals surface area contributed by atoms with E-state index in [0.717, 1.165) is 12.1 Å². The Morgan fingerprint density at radius 3 is 2.77 bits per heavy atom. The number of piperidine rings is 1. The van der Waals surface area contributed by atoms with Crippen molar-refractivity contribution in [2.45, 2.75) is 18.1 Å². The minimum Gasteiger partial charge on any atom is -0.481 e. The lowest BCUT2D eigenvalue weighted by Gasteiger charge is -2.31. The first-order valence-electron chi connectivity index (χ1n) is 6.64. The molecule has 0 aliphatic carbocycles. The number of benzene rings is 1. The third kappa shape index (κ3) is 4.14. The van der Waals surface area contributed by atoms with E-state index in [1.54, 1.807) is 0 Å². The van der Waals surface area contributed by atoms with E-state index < -0.39 is 39.4 Å². The van der Waals surface area contributed by atoms with Crippen LogP contribution < -0.4 is 9.88 Å². The molecule has 1 aromatic rings. The molecule has 1 saturated heterocycles. The van der Waals surface area contributed by atoms with E-state index in [-0.39, 0.29) is 12.3 Å². The lowest BCUT2D eigenvalue weighted by Crippen LogP contribution is -2.48. The smallest absolute Gasteiger partial charge is 0.260 e. The van der Waals surface area contributed by atoms with Gasteiger partial charge in [0.1, 0.15) is 5.82 Å². The lowest BCUT2D eigenvalue weighted by atomic mass is 10.1. The van der Waals surface area contributed by atoms with Crippen molar-refractivity contribution in [1.29, 1.82) is 0 Å². The van der Waals surface area contributed by atoms with Gasteiger partial charge in [0.05, 0.1) is 5.25 Å². The maximum absolute atomic E-state index is 13.4. The summed E-state index contributed by atoms with van der Waals surface area (Å²) in [6, 6.07) is 2.75. The van der Waals surface area contributed by atoms with Gasteiger partial charge in [0.2, 0.25) is 10.0 Å². The van der Waals surface area contributed by atoms with Gasteiger partial charge in [0, 0.05) is 19.2 Å². The summed E-state index contributed by atoms with van der Waals surface area (Å²) in [5, 5.41) is 4.29. The molecule has 1 fully saturated rings. The summed E-state index contributed by atoms with van der Waals surface area (Å²) >= 11 is 0. The van der Waals surface area contributed by atoms with E-state index in [0.29, 0.717) is 25.5 Å². The third-order valence-corrected chi connectivity index (χ3v) is 4.75. The van der Waals surface area contributed by atoms with Gasteiger partial charge >= 0.3 is 0 Å². The Labute approximate surface area is 126 Å². The van der Waals surface area contributed by atoms with Gasteiger partial charge in [0.15, 0.2) is 18.2 Å². The number of carbonyl (C=O) groups excluding carboxylic acids is 1. The molecule has 22 heavy (non-hydrogen) atoms. The van der Waals surface area contributed by atoms with Crippen molar-refractivity contribution < 1.29 is 26.7 Å². The molecule has 0 unspecified atom stereocenters. The normalized spacial score (nSPS) is 19.0. The van der Waals surface area contributed by atoms with Crippen molar-refractivity contribution in [3.05, 3.63) is 29.8 Å². The fourth-order valence-corrected chi connectivity index (χ4v) is 3.14. The fraction of sp³-hybridized carbons (Fsp3) is 0.462. The highest BCUT2D eigenvalue weighted by Crippen LogP contribution is 2.19. The predicted octanol–water partition coefficient (Wildman–Crippen LogP) is 0.623. The van der Waals surface area contributed by atoms with Gasteiger partial charge in [-0.3, -0.25) is 4.79 Å². The van der Waals surface area contributed by atoms with Gasteiger partial charge in [-0.2, -0.15) is 0 Å². The zero-order valence-electron chi connectivity index (χ0n) is 11.7. The number of halogens is 2. The summed E-state index contributed by atoms with van der Waals surface area (Å²) in [4.78, 5) is 13.3. The second kappa shape index (κ2) is 6.57. The molecule has 9 heteroatoms. The number of primary sulfonamides is 1. The first-order chi connectivity index (χ1) is 10.3. The van der Waals surface area contributed by atoms with Crippen LogP contribution >= 0.6 is 0 Å². The Kier molecular flexibility index (Phi) is 4.97. The highest BCUT2D eigenvalue weighted by Gasteiger charge is 2.30. The van der Waals surface area contributed by atoms with E-state index in [9.17, 15) is 22.0 Å². The molecule has 0 bridgehead atoms. The predicted molar refractivity (Wildman–Crippen MR) is 74.6 cm³/mol. The number of carbonyl (C=O) groups is 1. The van der Waals surface area contributed by atoms with Crippen molar-refractivity contribution in [2.24, 2.45) is 5.14 Å². The molecule has 1 amide bonds. The SMILES string of the molecule is NS(=O)(=O)[C@@H]1CCCN(C(=O)COc2ccc(F)cc2F)C1. The maximum atomic E-state index is 13.4. The van der Waals surface area contributed by atoms with Crippen LogP contribution in [-0.2, 0) is 14.8 Å². The molecule has 0 radical (unpaired) electrons. The second-order valence-electron chi connectivity index (χ2n) is 5.06. The number of rotatable bonds is 4. The van der Waals surface area contributed by atoms with Crippen LogP contribution in [0.25, 0.3) is 0 Å². The Balaban J connectivity index is 1.94. The van der Waals surface area contributed by atoms with Gasteiger partial charge < -0.3 is 9.64 Å². The molecule has 0 aromatic heterocycles. The quantitative estimate of drug-likeness (QED) is 0.874. The van der Waals surface area contributed by atoms with Crippen molar-refractivity contribution in [2.75, 3.05) is 19.7 Å². The number of nitrogens with zero attached hydrogens (tertiary/aromatic N) is 1. The van der Waals surface area contributed by atoms with Crippen molar-refractivity contribution >= 4 is 15.9 Å². The number of nitrogens with two attached hydrogens (primary N) is 1. The molecule has 0 spiro atoms. The highest BCUT2D eigenvalue weighted by atomic mass is 32.2.